The highest BCUT2D eigenvalue weighted by Crippen LogP contribution is 2.39. The summed E-state index contributed by atoms with van der Waals surface area (Å²) in [6.45, 7) is 4.85. The number of imidazole rings is 1. The molecule has 0 aliphatic carbocycles. The average Bonchev–Trinajstić information content (AvgIpc) is 3.31. The van der Waals surface area contributed by atoms with Crippen LogP contribution in [0.4, 0.5) is 5.69 Å². The first kappa shape index (κ1) is 23.4. The Morgan fingerprint density at radius 1 is 1.11 bits per heavy atom. The summed E-state index contributed by atoms with van der Waals surface area (Å²) < 4.78 is 17.7. The highest BCUT2D eigenvalue weighted by atomic mass is 16.6. The van der Waals surface area contributed by atoms with E-state index in [1.54, 1.807) is 25.1 Å². The fourth-order valence-corrected chi connectivity index (χ4v) is 4.53. The van der Waals surface area contributed by atoms with E-state index in [0.717, 1.165) is 11.1 Å². The highest BCUT2D eigenvalue weighted by molar-refractivity contribution is 6.15. The Kier molecular flexibility index (Phi) is 5.87. The van der Waals surface area contributed by atoms with Gasteiger partial charge in [0.15, 0.2) is 17.2 Å². The lowest BCUT2D eigenvalue weighted by molar-refractivity contribution is -0.126. The lowest BCUT2D eigenvalue weighted by Crippen LogP contribution is -2.64. The minimum Gasteiger partial charge on any atom is -0.486 e. The quantitative estimate of drug-likeness (QED) is 0.547. The van der Waals surface area contributed by atoms with E-state index in [-0.39, 0.29) is 23.8 Å². The van der Waals surface area contributed by atoms with Crippen molar-refractivity contribution in [3.05, 3.63) is 71.3 Å². The third-order valence-electron chi connectivity index (χ3n) is 6.44. The summed E-state index contributed by atoms with van der Waals surface area (Å²) in [5, 5.41) is 2.97. The first-order chi connectivity index (χ1) is 17.3. The van der Waals surface area contributed by atoms with Gasteiger partial charge in [-0.05, 0) is 31.5 Å². The number of carbonyl (C=O) groups is 3. The van der Waals surface area contributed by atoms with Crippen LogP contribution in [0.2, 0.25) is 0 Å². The molecule has 36 heavy (non-hydrogen) atoms. The lowest BCUT2D eigenvalue weighted by Gasteiger charge is -2.43. The number of methoxy groups -OCH3 is 1. The SMILES string of the molecule is COC(=O)c1ncn2c1C(=O)N(c1ccc3c(c1)OCCO3)[C@](C)(C(=O)NCc1ccc(C)cc1)C2. The van der Waals surface area contributed by atoms with E-state index in [0.29, 0.717) is 36.9 Å². The predicted molar refractivity (Wildman–Crippen MR) is 129 cm³/mol. The van der Waals surface area contributed by atoms with E-state index >= 15 is 0 Å². The number of aryl methyl sites for hydroxylation is 1. The number of hydrogen-bond donors (Lipinski definition) is 1. The van der Waals surface area contributed by atoms with Crippen molar-refractivity contribution < 1.29 is 28.6 Å². The van der Waals surface area contributed by atoms with Gasteiger partial charge in [0.2, 0.25) is 5.91 Å². The molecule has 1 atom stereocenters. The Labute approximate surface area is 207 Å². The molecule has 2 aliphatic heterocycles. The van der Waals surface area contributed by atoms with Crippen molar-refractivity contribution in [3.8, 4) is 11.5 Å². The maximum atomic E-state index is 13.9. The van der Waals surface area contributed by atoms with E-state index in [1.807, 2.05) is 31.2 Å². The molecule has 0 unspecified atom stereocenters. The molecule has 3 aromatic rings. The molecular weight excluding hydrogens is 464 g/mol. The minimum atomic E-state index is -1.34. The Morgan fingerprint density at radius 2 is 1.83 bits per heavy atom. The van der Waals surface area contributed by atoms with Crippen molar-refractivity contribution >= 4 is 23.5 Å². The summed E-state index contributed by atoms with van der Waals surface area (Å²) in [5.41, 5.74) is 1.09. The van der Waals surface area contributed by atoms with Crippen LogP contribution in [-0.2, 0) is 22.6 Å². The maximum Gasteiger partial charge on any atom is 0.359 e. The van der Waals surface area contributed by atoms with Crippen LogP contribution >= 0.6 is 0 Å². The second-order valence-corrected chi connectivity index (χ2v) is 8.97. The monoisotopic (exact) mass is 490 g/mol. The van der Waals surface area contributed by atoms with E-state index in [9.17, 15) is 14.4 Å². The third-order valence-corrected chi connectivity index (χ3v) is 6.44. The molecule has 0 saturated carbocycles. The number of fused-ring (bicyclic) bond motifs is 2. The second-order valence-electron chi connectivity index (χ2n) is 8.97. The van der Waals surface area contributed by atoms with Gasteiger partial charge in [0.25, 0.3) is 5.91 Å². The van der Waals surface area contributed by atoms with E-state index in [1.165, 1.54) is 22.9 Å². The summed E-state index contributed by atoms with van der Waals surface area (Å²) in [6.07, 6.45) is 1.38. The van der Waals surface area contributed by atoms with Gasteiger partial charge in [-0.3, -0.25) is 14.5 Å². The van der Waals surface area contributed by atoms with Crippen LogP contribution in [0.5, 0.6) is 11.5 Å². The standard InChI is InChI=1S/C26H26N4O6/c1-16-4-6-17(7-5-16)13-27-25(33)26(2)14-29-15-28-21(24(32)34-3)22(29)23(31)30(26)18-8-9-19-20(12-18)36-11-10-35-19/h4-9,12,15H,10-11,13-14H2,1-3H3,(H,27,33)/t26-/m0/s1. The normalized spacial score (nSPS) is 18.4. The van der Waals surface area contributed by atoms with Crippen LogP contribution in [0.25, 0.3) is 0 Å². The number of hydrogen-bond acceptors (Lipinski definition) is 7. The Bertz CT molecular complexity index is 1350. The molecule has 2 aliphatic rings. The summed E-state index contributed by atoms with van der Waals surface area (Å²) in [6, 6.07) is 12.9. The molecule has 10 heteroatoms. The van der Waals surface area contributed by atoms with Gasteiger partial charge >= 0.3 is 5.97 Å². The van der Waals surface area contributed by atoms with Crippen LogP contribution in [0.3, 0.4) is 0 Å². The topological polar surface area (TPSA) is 112 Å². The Hall–Kier alpha value is -4.34. The van der Waals surface area contributed by atoms with Crippen LogP contribution in [-0.4, -0.2) is 53.2 Å². The number of aromatic nitrogens is 2. The number of rotatable bonds is 5. The van der Waals surface area contributed by atoms with Crippen LogP contribution in [0.1, 0.15) is 39.0 Å². The highest BCUT2D eigenvalue weighted by Gasteiger charge is 2.50. The Balaban J connectivity index is 1.55. The van der Waals surface area contributed by atoms with E-state index in [2.05, 4.69) is 10.3 Å². The number of esters is 1. The zero-order chi connectivity index (χ0) is 25.4. The molecule has 3 heterocycles. The molecule has 0 saturated heterocycles. The van der Waals surface area contributed by atoms with Gasteiger partial charge in [0.05, 0.1) is 20.0 Å². The second kappa shape index (κ2) is 9.03. The van der Waals surface area contributed by atoms with Crippen LogP contribution in [0, 0.1) is 6.92 Å². The van der Waals surface area contributed by atoms with Crippen molar-refractivity contribution in [2.45, 2.75) is 32.5 Å². The molecule has 0 bridgehead atoms. The fraction of sp³-hybridized carbons (Fsp3) is 0.308. The fourth-order valence-electron chi connectivity index (χ4n) is 4.53. The van der Waals surface area contributed by atoms with Crippen molar-refractivity contribution in [1.29, 1.82) is 0 Å². The molecule has 1 N–H and O–H groups in total. The molecule has 2 amide bonds. The molecule has 0 fully saturated rings. The summed E-state index contributed by atoms with van der Waals surface area (Å²) in [4.78, 5) is 45.4. The molecule has 0 radical (unpaired) electrons. The number of benzene rings is 2. The molecule has 5 rings (SSSR count). The van der Waals surface area contributed by atoms with Gasteiger partial charge in [-0.15, -0.1) is 0 Å². The average molecular weight is 491 g/mol. The maximum absolute atomic E-state index is 13.9. The molecule has 1 aromatic heterocycles. The van der Waals surface area contributed by atoms with Gasteiger partial charge in [-0.1, -0.05) is 29.8 Å². The van der Waals surface area contributed by atoms with Gasteiger partial charge in [0, 0.05) is 18.3 Å². The number of ether oxygens (including phenoxy) is 3. The molecule has 10 nitrogen and oxygen atoms in total. The van der Waals surface area contributed by atoms with Crippen molar-refractivity contribution in [2.24, 2.45) is 0 Å². The minimum absolute atomic E-state index is 0.0561. The largest absolute Gasteiger partial charge is 0.486 e. The first-order valence-corrected chi connectivity index (χ1v) is 11.5. The number of nitrogens with zero attached hydrogens (tertiary/aromatic N) is 3. The summed E-state index contributed by atoms with van der Waals surface area (Å²) in [7, 11) is 1.22. The number of anilines is 1. The summed E-state index contributed by atoms with van der Waals surface area (Å²) >= 11 is 0. The Morgan fingerprint density at radius 3 is 2.56 bits per heavy atom. The van der Waals surface area contributed by atoms with Crippen LogP contribution < -0.4 is 19.7 Å². The van der Waals surface area contributed by atoms with Gasteiger partial charge in [-0.2, -0.15) is 0 Å². The smallest absolute Gasteiger partial charge is 0.359 e. The number of nitrogens with one attached hydrogen (secondary N) is 1. The van der Waals surface area contributed by atoms with E-state index < -0.39 is 17.4 Å². The van der Waals surface area contributed by atoms with E-state index in [4.69, 9.17) is 14.2 Å². The molecule has 2 aromatic carbocycles. The van der Waals surface area contributed by atoms with Gasteiger partial charge in [-0.25, -0.2) is 9.78 Å². The third kappa shape index (κ3) is 3.94. The van der Waals surface area contributed by atoms with Crippen molar-refractivity contribution in [2.75, 3.05) is 25.2 Å². The zero-order valence-electron chi connectivity index (χ0n) is 20.2. The lowest BCUT2D eigenvalue weighted by atomic mass is 9.93. The number of amides is 2. The van der Waals surface area contributed by atoms with Crippen molar-refractivity contribution in [1.82, 2.24) is 14.9 Å². The van der Waals surface area contributed by atoms with Gasteiger partial charge < -0.3 is 24.1 Å². The molecular formula is C26H26N4O6. The summed E-state index contributed by atoms with van der Waals surface area (Å²) in [5.74, 6) is -0.609. The van der Waals surface area contributed by atoms with Crippen molar-refractivity contribution in [3.63, 3.8) is 0 Å². The van der Waals surface area contributed by atoms with Crippen LogP contribution in [0.15, 0.2) is 48.8 Å². The predicted octanol–water partition coefficient (Wildman–Crippen LogP) is 2.48. The number of carbonyl (C=O) groups excluding carboxylic acids is 3. The molecule has 0 spiro atoms. The zero-order valence-corrected chi connectivity index (χ0v) is 20.2. The molecule has 186 valence electrons. The van der Waals surface area contributed by atoms with Gasteiger partial charge in [0.1, 0.15) is 24.4 Å². The first-order valence-electron chi connectivity index (χ1n) is 11.5.